The number of halogens is 4. The van der Waals surface area contributed by atoms with Gasteiger partial charge < -0.3 is 9.47 Å². The molecule has 0 aromatic heterocycles. The largest absolute Gasteiger partial charge is 0.450 e. The minimum Gasteiger partial charge on any atom is -0.450 e. The third-order valence-electron chi connectivity index (χ3n) is 6.81. The molecular weight excluding hydrogens is 458 g/mol. The van der Waals surface area contributed by atoms with Crippen molar-refractivity contribution in [2.45, 2.75) is 41.7 Å². The normalized spacial score (nSPS) is 35.7. The fourth-order valence-electron chi connectivity index (χ4n) is 5.84. The molecule has 0 unspecified atom stereocenters. The van der Waals surface area contributed by atoms with Crippen LogP contribution in [-0.4, -0.2) is 21.3 Å². The van der Waals surface area contributed by atoms with Crippen LogP contribution in [0.3, 0.4) is 0 Å². The number of Topliss-reactive ketones (excluding diaryl/α,β-unsaturated/α-hetero) is 1. The predicted octanol–water partition coefficient (Wildman–Crippen LogP) is 5.72. The highest BCUT2D eigenvalue weighted by Crippen LogP contribution is 2.62. The van der Waals surface area contributed by atoms with E-state index in [1.165, 1.54) is 6.42 Å². The summed E-state index contributed by atoms with van der Waals surface area (Å²) < 4.78 is 10.1. The minimum atomic E-state index is -2.30. The highest BCUT2D eigenvalue weighted by Gasteiger charge is 2.64. The van der Waals surface area contributed by atoms with Gasteiger partial charge in [-0.1, -0.05) is 46.4 Å². The highest BCUT2D eigenvalue weighted by molar-refractivity contribution is 6.78. The average molecular weight is 476 g/mol. The van der Waals surface area contributed by atoms with E-state index in [0.717, 1.165) is 25.7 Å². The van der Waals surface area contributed by atoms with Crippen LogP contribution in [0.15, 0.2) is 29.8 Å². The number of benzene rings is 1. The summed E-state index contributed by atoms with van der Waals surface area (Å²) in [5.74, 6) is -1.18. The summed E-state index contributed by atoms with van der Waals surface area (Å²) in [7, 11) is 0. The van der Waals surface area contributed by atoms with Crippen LogP contribution in [0.5, 0.6) is 0 Å². The maximum atomic E-state index is 13.1. The Morgan fingerprint density at radius 2 is 1.48 bits per heavy atom. The van der Waals surface area contributed by atoms with E-state index in [-0.39, 0.29) is 23.2 Å². The van der Waals surface area contributed by atoms with Gasteiger partial charge in [-0.15, -0.1) is 0 Å². The molecule has 0 saturated heterocycles. The summed E-state index contributed by atoms with van der Waals surface area (Å²) in [5.41, 5.74) is 0.156. The minimum absolute atomic E-state index is 0.106. The molecule has 4 aliphatic carbocycles. The monoisotopic (exact) mass is 474 g/mol. The zero-order valence-electron chi connectivity index (χ0n) is 15.3. The van der Waals surface area contributed by atoms with Crippen molar-refractivity contribution in [2.75, 3.05) is 0 Å². The third-order valence-corrected chi connectivity index (χ3v) is 7.58. The summed E-state index contributed by atoms with van der Waals surface area (Å²) in [6.45, 7) is 0. The van der Waals surface area contributed by atoms with Crippen molar-refractivity contribution in [2.24, 2.45) is 23.7 Å². The number of alkyl halides is 3. The van der Waals surface area contributed by atoms with E-state index in [1.54, 1.807) is 24.3 Å². The van der Waals surface area contributed by atoms with Crippen molar-refractivity contribution in [1.29, 1.82) is 0 Å². The van der Waals surface area contributed by atoms with E-state index < -0.39 is 21.3 Å². The second kappa shape index (κ2) is 6.78. The summed E-state index contributed by atoms with van der Waals surface area (Å²) in [4.78, 5) is 25.9. The zero-order chi connectivity index (χ0) is 20.6. The number of esters is 1. The molecule has 8 heteroatoms. The first-order valence-electron chi connectivity index (χ1n) is 9.71. The molecule has 4 bridgehead atoms. The molecular formula is C21H18Cl4O4. The van der Waals surface area contributed by atoms with Crippen molar-refractivity contribution < 1.29 is 19.1 Å². The molecule has 1 aromatic rings. The van der Waals surface area contributed by atoms with Gasteiger partial charge in [-0.25, -0.2) is 4.79 Å². The number of rotatable bonds is 2. The van der Waals surface area contributed by atoms with Gasteiger partial charge in [-0.2, -0.15) is 0 Å². The molecule has 5 aliphatic rings. The molecule has 0 atom stereocenters. The molecule has 154 valence electrons. The second-order valence-corrected chi connectivity index (χ2v) is 11.3. The molecule has 0 amide bonds. The van der Waals surface area contributed by atoms with Gasteiger partial charge >= 0.3 is 5.97 Å². The third kappa shape index (κ3) is 3.18. The SMILES string of the molecule is O=C1OC2(OC(c3ccc(Cl)cc3)=C1C(=O)C(Cl)(Cl)Cl)C1CC3CC(C1)CC2C3. The summed E-state index contributed by atoms with van der Waals surface area (Å²) in [5, 5.41) is 0.520. The number of carbonyl (C=O) groups is 2. The summed E-state index contributed by atoms with van der Waals surface area (Å²) in [6.07, 6.45) is 5.08. The lowest BCUT2D eigenvalue weighted by molar-refractivity contribution is -0.301. The van der Waals surface area contributed by atoms with Crippen LogP contribution in [0, 0.1) is 23.7 Å². The quantitative estimate of drug-likeness (QED) is 0.312. The van der Waals surface area contributed by atoms with E-state index in [2.05, 4.69) is 0 Å². The van der Waals surface area contributed by atoms with Gasteiger partial charge in [-0.3, -0.25) is 4.79 Å². The Bertz CT molecular complexity index is 888. The molecule has 0 radical (unpaired) electrons. The van der Waals surface area contributed by atoms with Gasteiger partial charge in [0.1, 0.15) is 11.3 Å². The van der Waals surface area contributed by atoms with Gasteiger partial charge in [0.25, 0.3) is 9.58 Å². The molecule has 4 saturated carbocycles. The Kier molecular flexibility index (Phi) is 4.67. The Labute approximate surface area is 188 Å². The topological polar surface area (TPSA) is 52.6 Å². The van der Waals surface area contributed by atoms with Crippen LogP contribution in [0.1, 0.15) is 37.7 Å². The van der Waals surface area contributed by atoms with Crippen LogP contribution in [-0.2, 0) is 19.1 Å². The van der Waals surface area contributed by atoms with Gasteiger partial charge in [0, 0.05) is 22.4 Å². The lowest BCUT2D eigenvalue weighted by atomic mass is 9.53. The van der Waals surface area contributed by atoms with Gasteiger partial charge in [0.15, 0.2) is 0 Å². The fraction of sp³-hybridized carbons (Fsp3) is 0.524. The van der Waals surface area contributed by atoms with E-state index in [4.69, 9.17) is 55.9 Å². The van der Waals surface area contributed by atoms with Crippen LogP contribution in [0.4, 0.5) is 0 Å². The first-order chi connectivity index (χ1) is 13.7. The summed E-state index contributed by atoms with van der Waals surface area (Å²) >= 11 is 23.5. The van der Waals surface area contributed by atoms with E-state index >= 15 is 0 Å². The number of hydrogen-bond acceptors (Lipinski definition) is 4. The fourth-order valence-corrected chi connectivity index (χ4v) is 6.25. The average Bonchev–Trinajstić information content (AvgIpc) is 2.64. The van der Waals surface area contributed by atoms with Gasteiger partial charge in [0.2, 0.25) is 5.78 Å². The van der Waals surface area contributed by atoms with Crippen molar-refractivity contribution >= 4 is 63.9 Å². The first kappa shape index (κ1) is 20.0. The Morgan fingerprint density at radius 1 is 0.931 bits per heavy atom. The standard InChI is InChI=1S/C21H18Cl4O4/c22-15-3-1-12(2-4-15)17-16(18(26)21(23,24)25)19(27)29-20(28-17)13-6-10-5-11(8-13)9-14(20)7-10/h1-4,10-11,13-14H,5-9H2. The second-order valence-electron chi connectivity index (χ2n) is 8.56. The Morgan fingerprint density at radius 3 is 2.00 bits per heavy atom. The number of hydrogen-bond donors (Lipinski definition) is 0. The number of carbonyl (C=O) groups excluding carboxylic acids is 2. The molecule has 1 aliphatic heterocycles. The molecule has 0 N–H and O–H groups in total. The van der Waals surface area contributed by atoms with Gasteiger partial charge in [0.05, 0.1) is 0 Å². The molecule has 4 nitrogen and oxygen atoms in total. The van der Waals surface area contributed by atoms with Crippen LogP contribution in [0.2, 0.25) is 5.02 Å². The Balaban J connectivity index is 1.63. The van der Waals surface area contributed by atoms with Crippen LogP contribution in [0.25, 0.3) is 5.76 Å². The molecule has 1 spiro atoms. The van der Waals surface area contributed by atoms with E-state index in [0.29, 0.717) is 22.4 Å². The van der Waals surface area contributed by atoms with Crippen LogP contribution < -0.4 is 0 Å². The van der Waals surface area contributed by atoms with Crippen molar-refractivity contribution in [1.82, 2.24) is 0 Å². The van der Waals surface area contributed by atoms with Crippen LogP contribution >= 0.6 is 46.4 Å². The maximum Gasteiger partial charge on any atom is 0.349 e. The smallest absolute Gasteiger partial charge is 0.349 e. The lowest BCUT2D eigenvalue weighted by Crippen LogP contribution is -2.62. The number of ether oxygens (including phenoxy) is 2. The molecule has 4 fully saturated rings. The molecule has 6 rings (SSSR count). The maximum absolute atomic E-state index is 13.1. The van der Waals surface area contributed by atoms with E-state index in [9.17, 15) is 9.59 Å². The number of ketones is 1. The highest BCUT2D eigenvalue weighted by atomic mass is 35.6. The van der Waals surface area contributed by atoms with E-state index in [1.807, 2.05) is 0 Å². The zero-order valence-corrected chi connectivity index (χ0v) is 18.3. The molecule has 29 heavy (non-hydrogen) atoms. The predicted molar refractivity (Wildman–Crippen MR) is 111 cm³/mol. The van der Waals surface area contributed by atoms with Crippen molar-refractivity contribution in [3.63, 3.8) is 0 Å². The first-order valence-corrected chi connectivity index (χ1v) is 11.2. The van der Waals surface area contributed by atoms with Crippen molar-refractivity contribution in [3.05, 3.63) is 40.4 Å². The lowest BCUT2D eigenvalue weighted by Gasteiger charge is -2.60. The molecule has 1 heterocycles. The Hall–Kier alpha value is -0.940. The van der Waals surface area contributed by atoms with Crippen molar-refractivity contribution in [3.8, 4) is 0 Å². The molecule has 1 aromatic carbocycles. The van der Waals surface area contributed by atoms with Gasteiger partial charge in [-0.05, 0) is 68.2 Å². The summed E-state index contributed by atoms with van der Waals surface area (Å²) in [6, 6.07) is 6.69.